The molecule has 3 heteroatoms. The molecular weight excluding hydrogens is 222 g/mol. The van der Waals surface area contributed by atoms with E-state index >= 15 is 0 Å². The molecule has 0 radical (unpaired) electrons. The Morgan fingerprint density at radius 1 is 1.64 bits per heavy atom. The van der Waals surface area contributed by atoms with Crippen LogP contribution in [0.25, 0.3) is 0 Å². The Kier molecular flexibility index (Phi) is 3.55. The highest BCUT2D eigenvalue weighted by atomic mass is 79.9. The minimum atomic E-state index is 0.483. The second kappa shape index (κ2) is 4.24. The fourth-order valence-electron chi connectivity index (χ4n) is 0.968. The maximum absolute atomic E-state index is 3.44. The molecule has 62 valence electrons. The molecule has 1 nitrogen and oxygen atoms in total. The van der Waals surface area contributed by atoms with Crippen LogP contribution in [0.3, 0.4) is 0 Å². The molecule has 1 heterocycles. The summed E-state index contributed by atoms with van der Waals surface area (Å²) in [5.41, 5.74) is 0. The lowest BCUT2D eigenvalue weighted by atomic mass is 10.3. The van der Waals surface area contributed by atoms with E-state index in [0.717, 1.165) is 6.54 Å². The van der Waals surface area contributed by atoms with Crippen molar-refractivity contribution in [2.75, 3.05) is 6.54 Å². The molecule has 0 aliphatic rings. The highest BCUT2D eigenvalue weighted by Crippen LogP contribution is 2.26. The summed E-state index contributed by atoms with van der Waals surface area (Å²) in [4.78, 5) is 1.39. The molecule has 0 saturated heterocycles. The largest absolute Gasteiger partial charge is 0.310 e. The van der Waals surface area contributed by atoms with Crippen LogP contribution in [0.5, 0.6) is 0 Å². The third-order valence-corrected chi connectivity index (χ3v) is 3.34. The first-order chi connectivity index (χ1) is 5.24. The summed E-state index contributed by atoms with van der Waals surface area (Å²) in [5.74, 6) is 0. The van der Waals surface area contributed by atoms with Crippen molar-refractivity contribution in [2.45, 2.75) is 19.9 Å². The molecule has 1 aromatic heterocycles. The zero-order valence-corrected chi connectivity index (χ0v) is 9.13. The Labute approximate surface area is 79.9 Å². The van der Waals surface area contributed by atoms with Gasteiger partial charge in [0.1, 0.15) is 0 Å². The number of thiophene rings is 1. The predicted octanol–water partition coefficient (Wildman–Crippen LogP) is 3.18. The third kappa shape index (κ3) is 2.58. The van der Waals surface area contributed by atoms with Gasteiger partial charge < -0.3 is 5.32 Å². The first-order valence-corrected chi connectivity index (χ1v) is 5.33. The molecule has 0 aliphatic heterocycles. The van der Waals surface area contributed by atoms with E-state index in [0.29, 0.717) is 6.04 Å². The van der Waals surface area contributed by atoms with Crippen molar-refractivity contribution in [3.63, 3.8) is 0 Å². The van der Waals surface area contributed by atoms with E-state index in [1.807, 2.05) is 0 Å². The van der Waals surface area contributed by atoms with Gasteiger partial charge in [-0.3, -0.25) is 0 Å². The molecule has 0 fully saturated rings. The number of hydrogen-bond donors (Lipinski definition) is 1. The summed E-state index contributed by atoms with van der Waals surface area (Å²) in [6.45, 7) is 5.33. The van der Waals surface area contributed by atoms with E-state index in [-0.39, 0.29) is 0 Å². The first kappa shape index (κ1) is 9.23. The van der Waals surface area contributed by atoms with Gasteiger partial charge >= 0.3 is 0 Å². The van der Waals surface area contributed by atoms with Gasteiger partial charge in [0.15, 0.2) is 0 Å². The Balaban J connectivity index is 2.60. The van der Waals surface area contributed by atoms with Gasteiger partial charge in [0.05, 0.1) is 3.79 Å². The van der Waals surface area contributed by atoms with Crippen LogP contribution in [0.2, 0.25) is 0 Å². The second-order valence-corrected chi connectivity index (χ2v) is 4.92. The van der Waals surface area contributed by atoms with Gasteiger partial charge in [0, 0.05) is 10.9 Å². The average molecular weight is 234 g/mol. The summed E-state index contributed by atoms with van der Waals surface area (Å²) in [6, 6.07) is 4.73. The summed E-state index contributed by atoms with van der Waals surface area (Å²) in [5, 5.41) is 3.36. The van der Waals surface area contributed by atoms with Crippen LogP contribution in [0.4, 0.5) is 0 Å². The van der Waals surface area contributed by atoms with Gasteiger partial charge in [-0.05, 0) is 41.5 Å². The van der Waals surface area contributed by atoms with E-state index in [1.165, 1.54) is 8.66 Å². The number of hydrogen-bond acceptors (Lipinski definition) is 2. The molecule has 1 N–H and O–H groups in total. The fourth-order valence-corrected chi connectivity index (χ4v) is 2.42. The molecule has 0 unspecified atom stereocenters. The minimum absolute atomic E-state index is 0.483. The van der Waals surface area contributed by atoms with Gasteiger partial charge in [-0.25, -0.2) is 0 Å². The Morgan fingerprint density at radius 2 is 2.36 bits per heavy atom. The van der Waals surface area contributed by atoms with E-state index in [4.69, 9.17) is 0 Å². The molecule has 0 aliphatic carbocycles. The van der Waals surface area contributed by atoms with Crippen LogP contribution in [-0.2, 0) is 0 Å². The fraction of sp³-hybridized carbons (Fsp3) is 0.500. The second-order valence-electron chi connectivity index (χ2n) is 2.42. The molecule has 0 bridgehead atoms. The zero-order valence-electron chi connectivity index (χ0n) is 6.73. The van der Waals surface area contributed by atoms with E-state index in [2.05, 4.69) is 47.2 Å². The SMILES string of the molecule is CCN[C@@H](C)c1ccc(Br)s1. The summed E-state index contributed by atoms with van der Waals surface area (Å²) >= 11 is 5.23. The number of rotatable bonds is 3. The van der Waals surface area contributed by atoms with Crippen molar-refractivity contribution in [2.24, 2.45) is 0 Å². The maximum Gasteiger partial charge on any atom is 0.0701 e. The molecule has 1 aromatic rings. The standard InChI is InChI=1S/C8H12BrNS/c1-3-10-6(2)7-4-5-8(9)11-7/h4-6,10H,3H2,1-2H3/t6-/m0/s1. The molecule has 1 atom stereocenters. The van der Waals surface area contributed by atoms with Crippen LogP contribution < -0.4 is 5.32 Å². The highest BCUT2D eigenvalue weighted by molar-refractivity contribution is 9.11. The zero-order chi connectivity index (χ0) is 8.27. The van der Waals surface area contributed by atoms with Crippen molar-refractivity contribution in [1.29, 1.82) is 0 Å². The van der Waals surface area contributed by atoms with E-state index in [9.17, 15) is 0 Å². The maximum atomic E-state index is 3.44. The molecule has 1 rings (SSSR count). The number of halogens is 1. The monoisotopic (exact) mass is 233 g/mol. The van der Waals surface area contributed by atoms with Crippen molar-refractivity contribution >= 4 is 27.3 Å². The summed E-state index contributed by atoms with van der Waals surface area (Å²) in [7, 11) is 0. The Hall–Kier alpha value is 0.140. The van der Waals surface area contributed by atoms with Crippen LogP contribution in [0.1, 0.15) is 24.8 Å². The van der Waals surface area contributed by atoms with Gasteiger partial charge in [-0.15, -0.1) is 11.3 Å². The van der Waals surface area contributed by atoms with Gasteiger partial charge in [0.2, 0.25) is 0 Å². The molecule has 0 saturated carbocycles. The van der Waals surface area contributed by atoms with Crippen molar-refractivity contribution < 1.29 is 0 Å². The normalized spacial score (nSPS) is 13.4. The van der Waals surface area contributed by atoms with Crippen LogP contribution >= 0.6 is 27.3 Å². The predicted molar refractivity (Wildman–Crippen MR) is 54.1 cm³/mol. The smallest absolute Gasteiger partial charge is 0.0701 e. The van der Waals surface area contributed by atoms with Gasteiger partial charge in [0.25, 0.3) is 0 Å². The van der Waals surface area contributed by atoms with E-state index < -0.39 is 0 Å². The lowest BCUT2D eigenvalue weighted by Gasteiger charge is -2.08. The molecule has 11 heavy (non-hydrogen) atoms. The lowest BCUT2D eigenvalue weighted by Crippen LogP contribution is -2.16. The summed E-state index contributed by atoms with van der Waals surface area (Å²) < 4.78 is 1.21. The van der Waals surface area contributed by atoms with Crippen molar-refractivity contribution in [1.82, 2.24) is 5.32 Å². The quantitative estimate of drug-likeness (QED) is 0.846. The lowest BCUT2D eigenvalue weighted by molar-refractivity contribution is 0.607. The van der Waals surface area contributed by atoms with Crippen molar-refractivity contribution in [3.05, 3.63) is 20.8 Å². The van der Waals surface area contributed by atoms with Crippen LogP contribution in [0.15, 0.2) is 15.9 Å². The van der Waals surface area contributed by atoms with Gasteiger partial charge in [-0.2, -0.15) is 0 Å². The summed E-state index contributed by atoms with van der Waals surface area (Å²) in [6.07, 6.45) is 0. The first-order valence-electron chi connectivity index (χ1n) is 3.72. The van der Waals surface area contributed by atoms with Crippen LogP contribution in [0, 0.1) is 0 Å². The van der Waals surface area contributed by atoms with Gasteiger partial charge in [-0.1, -0.05) is 6.92 Å². The molecular formula is C8H12BrNS. The topological polar surface area (TPSA) is 12.0 Å². The Morgan fingerprint density at radius 3 is 2.82 bits per heavy atom. The van der Waals surface area contributed by atoms with Crippen molar-refractivity contribution in [3.8, 4) is 0 Å². The molecule has 0 spiro atoms. The molecule has 0 amide bonds. The number of nitrogens with one attached hydrogen (secondary N) is 1. The third-order valence-electron chi connectivity index (χ3n) is 1.53. The Bertz CT molecular complexity index is 222. The van der Waals surface area contributed by atoms with Crippen LogP contribution in [-0.4, -0.2) is 6.54 Å². The van der Waals surface area contributed by atoms with E-state index in [1.54, 1.807) is 11.3 Å². The minimum Gasteiger partial charge on any atom is -0.310 e. The molecule has 0 aromatic carbocycles. The average Bonchev–Trinajstić information content (AvgIpc) is 2.36. The highest BCUT2D eigenvalue weighted by Gasteiger charge is 2.04.